The lowest BCUT2D eigenvalue weighted by molar-refractivity contribution is -0.687. The molecule has 2 N–H and O–H groups in total. The second kappa shape index (κ2) is 4.39. The Balaban J connectivity index is 1.78. The van der Waals surface area contributed by atoms with Crippen LogP contribution in [0.5, 0.6) is 0 Å². The SMILES string of the molecule is Cc1csc(C[NH2+]Cc2ccco2)n1. The topological polar surface area (TPSA) is 42.6 Å². The van der Waals surface area contributed by atoms with Crippen molar-refractivity contribution >= 4 is 11.3 Å². The number of hydrogen-bond donors (Lipinski definition) is 1. The van der Waals surface area contributed by atoms with Crippen molar-refractivity contribution < 1.29 is 9.73 Å². The molecule has 14 heavy (non-hydrogen) atoms. The number of nitrogens with zero attached hydrogens (tertiary/aromatic N) is 1. The molecule has 2 aromatic heterocycles. The Morgan fingerprint density at radius 2 is 2.43 bits per heavy atom. The number of quaternary nitrogens is 1. The van der Waals surface area contributed by atoms with Crippen LogP contribution in [-0.4, -0.2) is 4.98 Å². The van der Waals surface area contributed by atoms with Crippen LogP contribution in [0.1, 0.15) is 16.5 Å². The molecule has 4 heteroatoms. The minimum Gasteiger partial charge on any atom is -0.463 e. The first-order valence-electron chi connectivity index (χ1n) is 4.59. The molecule has 0 aliphatic rings. The van der Waals surface area contributed by atoms with E-state index in [9.17, 15) is 0 Å². The summed E-state index contributed by atoms with van der Waals surface area (Å²) < 4.78 is 5.23. The molecule has 0 saturated heterocycles. The predicted octanol–water partition coefficient (Wildman–Crippen LogP) is 1.31. The molecule has 3 nitrogen and oxygen atoms in total. The van der Waals surface area contributed by atoms with E-state index in [0.717, 1.165) is 24.5 Å². The molecule has 2 aromatic rings. The number of aromatic nitrogens is 1. The fourth-order valence-corrected chi connectivity index (χ4v) is 2.03. The van der Waals surface area contributed by atoms with Gasteiger partial charge in [-0.05, 0) is 19.1 Å². The lowest BCUT2D eigenvalue weighted by atomic mass is 10.4. The third-order valence-electron chi connectivity index (χ3n) is 1.91. The molecular weight excluding hydrogens is 196 g/mol. The summed E-state index contributed by atoms with van der Waals surface area (Å²) in [6, 6.07) is 3.90. The van der Waals surface area contributed by atoms with Crippen molar-refractivity contribution in [3.63, 3.8) is 0 Å². The number of furan rings is 1. The minimum absolute atomic E-state index is 0.881. The van der Waals surface area contributed by atoms with Gasteiger partial charge in [0.15, 0.2) is 5.76 Å². The quantitative estimate of drug-likeness (QED) is 0.825. The zero-order valence-electron chi connectivity index (χ0n) is 8.06. The number of hydrogen-bond acceptors (Lipinski definition) is 3. The average Bonchev–Trinajstić information content (AvgIpc) is 2.77. The highest BCUT2D eigenvalue weighted by Crippen LogP contribution is 2.06. The summed E-state index contributed by atoms with van der Waals surface area (Å²) in [5, 5.41) is 5.45. The summed E-state index contributed by atoms with van der Waals surface area (Å²) in [5.74, 6) is 1.01. The minimum atomic E-state index is 0.881. The molecule has 0 radical (unpaired) electrons. The van der Waals surface area contributed by atoms with Gasteiger partial charge in [0.2, 0.25) is 0 Å². The van der Waals surface area contributed by atoms with E-state index >= 15 is 0 Å². The van der Waals surface area contributed by atoms with Gasteiger partial charge in [-0.1, -0.05) is 0 Å². The van der Waals surface area contributed by atoms with Crippen LogP contribution in [0.15, 0.2) is 28.2 Å². The standard InChI is InChI=1S/C10H12N2OS/c1-8-7-14-10(12-8)6-11-5-9-3-2-4-13-9/h2-4,7,11H,5-6H2,1H3/p+1. The maximum atomic E-state index is 5.23. The van der Waals surface area contributed by atoms with Gasteiger partial charge in [0.25, 0.3) is 0 Å². The highest BCUT2D eigenvalue weighted by atomic mass is 32.1. The van der Waals surface area contributed by atoms with E-state index in [1.807, 2.05) is 19.1 Å². The Hall–Kier alpha value is -1.13. The van der Waals surface area contributed by atoms with E-state index in [2.05, 4.69) is 15.7 Å². The van der Waals surface area contributed by atoms with Crippen molar-refractivity contribution in [1.29, 1.82) is 0 Å². The van der Waals surface area contributed by atoms with Gasteiger partial charge in [0, 0.05) is 11.1 Å². The Labute approximate surface area is 86.8 Å². The van der Waals surface area contributed by atoms with E-state index in [4.69, 9.17) is 4.42 Å². The number of aryl methyl sites for hydroxylation is 1. The lowest BCUT2D eigenvalue weighted by Gasteiger charge is -1.95. The maximum Gasteiger partial charge on any atom is 0.157 e. The molecule has 0 aromatic carbocycles. The van der Waals surface area contributed by atoms with Crippen molar-refractivity contribution in [3.8, 4) is 0 Å². The second-order valence-corrected chi connectivity index (χ2v) is 4.10. The fourth-order valence-electron chi connectivity index (χ4n) is 1.26. The summed E-state index contributed by atoms with van der Waals surface area (Å²) in [7, 11) is 0. The van der Waals surface area contributed by atoms with Gasteiger partial charge in [-0.15, -0.1) is 11.3 Å². The van der Waals surface area contributed by atoms with Crippen LogP contribution in [-0.2, 0) is 13.1 Å². The van der Waals surface area contributed by atoms with Crippen LogP contribution in [0, 0.1) is 6.92 Å². The van der Waals surface area contributed by atoms with Crippen molar-refractivity contribution in [3.05, 3.63) is 40.2 Å². The first kappa shape index (κ1) is 9.43. The molecule has 74 valence electrons. The maximum absolute atomic E-state index is 5.23. The Bertz CT molecular complexity index is 380. The first-order chi connectivity index (χ1) is 6.84. The molecule has 0 fully saturated rings. The lowest BCUT2D eigenvalue weighted by Crippen LogP contribution is -2.80. The van der Waals surface area contributed by atoms with Gasteiger partial charge in [-0.2, -0.15) is 0 Å². The third kappa shape index (κ3) is 2.43. The predicted molar refractivity (Wildman–Crippen MR) is 54.9 cm³/mol. The molecule has 0 atom stereocenters. The van der Waals surface area contributed by atoms with Crippen LogP contribution in [0.2, 0.25) is 0 Å². The Morgan fingerprint density at radius 3 is 3.07 bits per heavy atom. The summed E-state index contributed by atoms with van der Waals surface area (Å²) in [6.07, 6.45) is 1.71. The summed E-state index contributed by atoms with van der Waals surface area (Å²) >= 11 is 1.71. The zero-order valence-corrected chi connectivity index (χ0v) is 8.88. The van der Waals surface area contributed by atoms with E-state index in [0.29, 0.717) is 0 Å². The molecule has 0 saturated carbocycles. The molecule has 0 spiro atoms. The Morgan fingerprint density at radius 1 is 1.50 bits per heavy atom. The van der Waals surface area contributed by atoms with Crippen LogP contribution in [0.3, 0.4) is 0 Å². The molecule has 0 aliphatic carbocycles. The smallest absolute Gasteiger partial charge is 0.157 e. The highest BCUT2D eigenvalue weighted by Gasteiger charge is 2.02. The first-order valence-corrected chi connectivity index (χ1v) is 5.47. The van der Waals surface area contributed by atoms with Crippen LogP contribution < -0.4 is 5.32 Å². The molecule has 2 heterocycles. The van der Waals surface area contributed by atoms with Crippen LogP contribution in [0.4, 0.5) is 0 Å². The fraction of sp³-hybridized carbons (Fsp3) is 0.300. The molecule has 0 bridgehead atoms. The van der Waals surface area contributed by atoms with E-state index in [1.165, 1.54) is 5.01 Å². The van der Waals surface area contributed by atoms with Gasteiger partial charge < -0.3 is 9.73 Å². The number of rotatable bonds is 4. The zero-order chi connectivity index (χ0) is 9.80. The van der Waals surface area contributed by atoms with Gasteiger partial charge >= 0.3 is 0 Å². The van der Waals surface area contributed by atoms with Gasteiger partial charge in [0.1, 0.15) is 18.1 Å². The monoisotopic (exact) mass is 209 g/mol. The van der Waals surface area contributed by atoms with Crippen LogP contribution >= 0.6 is 11.3 Å². The second-order valence-electron chi connectivity index (χ2n) is 3.16. The van der Waals surface area contributed by atoms with Crippen molar-refractivity contribution in [1.82, 2.24) is 4.98 Å². The van der Waals surface area contributed by atoms with Crippen molar-refractivity contribution in [2.45, 2.75) is 20.0 Å². The summed E-state index contributed by atoms with van der Waals surface area (Å²) in [5.41, 5.74) is 1.11. The largest absolute Gasteiger partial charge is 0.463 e. The van der Waals surface area contributed by atoms with Gasteiger partial charge in [-0.25, -0.2) is 4.98 Å². The molecule has 0 aliphatic heterocycles. The van der Waals surface area contributed by atoms with Crippen molar-refractivity contribution in [2.75, 3.05) is 0 Å². The Kier molecular flexibility index (Phi) is 2.96. The molecule has 0 amide bonds. The van der Waals surface area contributed by atoms with Crippen LogP contribution in [0.25, 0.3) is 0 Å². The van der Waals surface area contributed by atoms with E-state index < -0.39 is 0 Å². The molecule has 2 rings (SSSR count). The third-order valence-corrected chi connectivity index (χ3v) is 2.90. The van der Waals surface area contributed by atoms with E-state index in [1.54, 1.807) is 17.6 Å². The molecular formula is C10H13N2OS+. The van der Waals surface area contributed by atoms with Gasteiger partial charge in [-0.3, -0.25) is 0 Å². The van der Waals surface area contributed by atoms with Crippen molar-refractivity contribution in [2.24, 2.45) is 0 Å². The number of thiazole rings is 1. The summed E-state index contributed by atoms with van der Waals surface area (Å²) in [6.45, 7) is 3.83. The molecule has 0 unspecified atom stereocenters. The van der Waals surface area contributed by atoms with Gasteiger partial charge in [0.05, 0.1) is 6.26 Å². The average molecular weight is 209 g/mol. The highest BCUT2D eigenvalue weighted by molar-refractivity contribution is 7.09. The summed E-state index contributed by atoms with van der Waals surface area (Å²) in [4.78, 5) is 4.39. The number of nitrogens with two attached hydrogens (primary N) is 1. The normalized spacial score (nSPS) is 10.6. The van der Waals surface area contributed by atoms with E-state index in [-0.39, 0.29) is 0 Å².